The summed E-state index contributed by atoms with van der Waals surface area (Å²) in [6, 6.07) is 5.93. The molecule has 4 rings (SSSR count). The smallest absolute Gasteiger partial charge is 0.256 e. The standard InChI is InChI=1S/C17H19N5O2S/c23-17(19-5-6-21-7-9-24-10-8-21)13-12-20-22-14(3-4-18-16(13)22)15-2-1-11-25-15/h1-4,11-12H,5-10H2,(H,19,23). The number of carbonyl (C=O) groups is 1. The second kappa shape index (κ2) is 7.30. The molecule has 3 aromatic rings. The number of nitrogens with zero attached hydrogens (tertiary/aromatic N) is 4. The van der Waals surface area contributed by atoms with Gasteiger partial charge in [0.05, 0.1) is 30.0 Å². The Labute approximate surface area is 149 Å². The molecule has 0 spiro atoms. The Morgan fingerprint density at radius 1 is 1.32 bits per heavy atom. The monoisotopic (exact) mass is 357 g/mol. The number of thiophene rings is 1. The van der Waals surface area contributed by atoms with Crippen LogP contribution < -0.4 is 5.32 Å². The lowest BCUT2D eigenvalue weighted by Gasteiger charge is -2.26. The van der Waals surface area contributed by atoms with Crippen molar-refractivity contribution in [3.8, 4) is 10.6 Å². The van der Waals surface area contributed by atoms with Crippen molar-refractivity contribution < 1.29 is 9.53 Å². The van der Waals surface area contributed by atoms with Crippen molar-refractivity contribution in [3.63, 3.8) is 0 Å². The zero-order valence-corrected chi connectivity index (χ0v) is 14.5. The van der Waals surface area contributed by atoms with Gasteiger partial charge >= 0.3 is 0 Å². The van der Waals surface area contributed by atoms with Crippen molar-refractivity contribution in [2.24, 2.45) is 0 Å². The molecule has 8 heteroatoms. The lowest BCUT2D eigenvalue weighted by molar-refractivity contribution is 0.0383. The minimum atomic E-state index is -0.140. The normalized spacial score (nSPS) is 15.5. The summed E-state index contributed by atoms with van der Waals surface area (Å²) in [4.78, 5) is 20.2. The number of carbonyl (C=O) groups excluding carboxylic acids is 1. The van der Waals surface area contributed by atoms with Crippen LogP contribution >= 0.6 is 11.3 Å². The average Bonchev–Trinajstić information content (AvgIpc) is 3.32. The fourth-order valence-corrected chi connectivity index (χ4v) is 3.65. The van der Waals surface area contributed by atoms with E-state index in [0.29, 0.717) is 17.8 Å². The summed E-state index contributed by atoms with van der Waals surface area (Å²) in [7, 11) is 0. The third-order valence-electron chi connectivity index (χ3n) is 4.24. The van der Waals surface area contributed by atoms with E-state index in [1.807, 2.05) is 23.6 Å². The number of hydrogen-bond donors (Lipinski definition) is 1. The van der Waals surface area contributed by atoms with E-state index in [9.17, 15) is 4.79 Å². The Bertz CT molecular complexity index is 855. The van der Waals surface area contributed by atoms with Crippen molar-refractivity contribution in [2.75, 3.05) is 39.4 Å². The molecule has 25 heavy (non-hydrogen) atoms. The van der Waals surface area contributed by atoms with E-state index in [-0.39, 0.29) is 5.91 Å². The first-order chi connectivity index (χ1) is 12.3. The molecule has 1 aliphatic rings. The summed E-state index contributed by atoms with van der Waals surface area (Å²) in [5.41, 5.74) is 2.02. The zero-order chi connectivity index (χ0) is 17.1. The van der Waals surface area contributed by atoms with Gasteiger partial charge in [0.15, 0.2) is 5.65 Å². The first-order valence-electron chi connectivity index (χ1n) is 8.28. The zero-order valence-electron chi connectivity index (χ0n) is 13.7. The third-order valence-corrected chi connectivity index (χ3v) is 5.13. The Morgan fingerprint density at radius 2 is 2.20 bits per heavy atom. The van der Waals surface area contributed by atoms with Crippen molar-refractivity contribution in [1.29, 1.82) is 0 Å². The van der Waals surface area contributed by atoms with Gasteiger partial charge in [-0.05, 0) is 17.5 Å². The van der Waals surface area contributed by atoms with Crippen LogP contribution in [0.2, 0.25) is 0 Å². The van der Waals surface area contributed by atoms with Crippen LogP contribution in [0.4, 0.5) is 0 Å². The minimum absolute atomic E-state index is 0.140. The van der Waals surface area contributed by atoms with Gasteiger partial charge in [0, 0.05) is 32.4 Å². The van der Waals surface area contributed by atoms with Crippen LogP contribution in [-0.4, -0.2) is 64.8 Å². The minimum Gasteiger partial charge on any atom is -0.379 e. The van der Waals surface area contributed by atoms with Crippen molar-refractivity contribution in [2.45, 2.75) is 0 Å². The summed E-state index contributed by atoms with van der Waals surface area (Å²) >= 11 is 1.63. The van der Waals surface area contributed by atoms with E-state index >= 15 is 0 Å². The molecule has 0 aliphatic carbocycles. The molecule has 0 aromatic carbocycles. The molecule has 0 unspecified atom stereocenters. The van der Waals surface area contributed by atoms with Crippen LogP contribution in [0.3, 0.4) is 0 Å². The van der Waals surface area contributed by atoms with E-state index in [1.165, 1.54) is 0 Å². The molecule has 1 saturated heterocycles. The van der Waals surface area contributed by atoms with E-state index in [4.69, 9.17) is 4.74 Å². The molecular weight excluding hydrogens is 338 g/mol. The van der Waals surface area contributed by atoms with Gasteiger partial charge in [-0.1, -0.05) is 6.07 Å². The molecule has 0 radical (unpaired) electrons. The van der Waals surface area contributed by atoms with Crippen LogP contribution in [0.15, 0.2) is 36.0 Å². The largest absolute Gasteiger partial charge is 0.379 e. The number of hydrogen-bond acceptors (Lipinski definition) is 6. The highest BCUT2D eigenvalue weighted by Crippen LogP contribution is 2.25. The third kappa shape index (κ3) is 3.41. The first-order valence-corrected chi connectivity index (χ1v) is 9.16. The maximum atomic E-state index is 12.5. The summed E-state index contributed by atoms with van der Waals surface area (Å²) in [5.74, 6) is -0.140. The second-order valence-electron chi connectivity index (χ2n) is 5.81. The Kier molecular flexibility index (Phi) is 4.73. The average molecular weight is 357 g/mol. The lowest BCUT2D eigenvalue weighted by Crippen LogP contribution is -2.41. The quantitative estimate of drug-likeness (QED) is 0.750. The molecule has 0 bridgehead atoms. The van der Waals surface area contributed by atoms with Gasteiger partial charge in [-0.2, -0.15) is 5.10 Å². The number of morpholine rings is 1. The van der Waals surface area contributed by atoms with E-state index < -0.39 is 0 Å². The Morgan fingerprint density at radius 3 is 3.00 bits per heavy atom. The van der Waals surface area contributed by atoms with Gasteiger partial charge in [0.1, 0.15) is 5.56 Å². The molecule has 7 nitrogen and oxygen atoms in total. The van der Waals surface area contributed by atoms with Crippen LogP contribution in [0.5, 0.6) is 0 Å². The van der Waals surface area contributed by atoms with Crippen LogP contribution in [0, 0.1) is 0 Å². The van der Waals surface area contributed by atoms with Gasteiger partial charge in [-0.25, -0.2) is 9.50 Å². The number of rotatable bonds is 5. The van der Waals surface area contributed by atoms with Gasteiger partial charge in [0.2, 0.25) is 0 Å². The molecule has 0 saturated carbocycles. The molecule has 130 valence electrons. The van der Waals surface area contributed by atoms with Gasteiger partial charge in [-0.15, -0.1) is 11.3 Å². The molecule has 1 fully saturated rings. The molecule has 4 heterocycles. The van der Waals surface area contributed by atoms with Crippen molar-refractivity contribution in [1.82, 2.24) is 24.8 Å². The van der Waals surface area contributed by atoms with Crippen LogP contribution in [0.25, 0.3) is 16.2 Å². The fourth-order valence-electron chi connectivity index (χ4n) is 2.91. The number of amides is 1. The number of fused-ring (bicyclic) bond motifs is 1. The summed E-state index contributed by atoms with van der Waals surface area (Å²) < 4.78 is 7.05. The predicted molar refractivity (Wildman–Crippen MR) is 95.9 cm³/mol. The van der Waals surface area contributed by atoms with E-state index in [1.54, 1.807) is 28.2 Å². The van der Waals surface area contributed by atoms with Gasteiger partial charge in [-0.3, -0.25) is 9.69 Å². The molecule has 1 amide bonds. The molecular formula is C17H19N5O2S. The highest BCUT2D eigenvalue weighted by molar-refractivity contribution is 7.13. The maximum absolute atomic E-state index is 12.5. The van der Waals surface area contributed by atoms with E-state index in [2.05, 4.69) is 20.3 Å². The van der Waals surface area contributed by atoms with Crippen molar-refractivity contribution >= 4 is 22.9 Å². The van der Waals surface area contributed by atoms with Gasteiger partial charge in [0.25, 0.3) is 5.91 Å². The van der Waals surface area contributed by atoms with Crippen molar-refractivity contribution in [3.05, 3.63) is 41.5 Å². The summed E-state index contributed by atoms with van der Waals surface area (Å²) in [6.45, 7) is 4.77. The fraction of sp³-hybridized carbons (Fsp3) is 0.353. The number of nitrogens with one attached hydrogen (secondary N) is 1. The molecule has 1 N–H and O–H groups in total. The summed E-state index contributed by atoms with van der Waals surface area (Å²) in [6.07, 6.45) is 3.31. The maximum Gasteiger partial charge on any atom is 0.256 e. The highest BCUT2D eigenvalue weighted by atomic mass is 32.1. The Hall–Kier alpha value is -2.29. The van der Waals surface area contributed by atoms with E-state index in [0.717, 1.165) is 43.4 Å². The first kappa shape index (κ1) is 16.2. The lowest BCUT2D eigenvalue weighted by atomic mass is 10.3. The SMILES string of the molecule is O=C(NCCN1CCOCC1)c1cnn2c(-c3cccs3)ccnc12. The molecule has 1 aliphatic heterocycles. The van der Waals surface area contributed by atoms with Crippen LogP contribution in [0.1, 0.15) is 10.4 Å². The van der Waals surface area contributed by atoms with Crippen LogP contribution in [-0.2, 0) is 4.74 Å². The molecule has 0 atom stereocenters. The van der Waals surface area contributed by atoms with Gasteiger partial charge < -0.3 is 10.1 Å². The number of aromatic nitrogens is 3. The highest BCUT2D eigenvalue weighted by Gasteiger charge is 2.17. The second-order valence-corrected chi connectivity index (χ2v) is 6.76. The predicted octanol–water partition coefficient (Wildman–Crippen LogP) is 1.52. The molecule has 3 aromatic heterocycles. The number of ether oxygens (including phenoxy) is 1. The Balaban J connectivity index is 1.47. The topological polar surface area (TPSA) is 71.8 Å². The summed E-state index contributed by atoms with van der Waals surface area (Å²) in [5, 5.41) is 9.35.